The second-order valence-corrected chi connectivity index (χ2v) is 6.64. The fourth-order valence-corrected chi connectivity index (χ4v) is 4.30. The van der Waals surface area contributed by atoms with E-state index in [-0.39, 0.29) is 6.42 Å². The van der Waals surface area contributed by atoms with Crippen molar-refractivity contribution in [2.24, 2.45) is 0 Å². The van der Waals surface area contributed by atoms with Crippen LogP contribution in [-0.4, -0.2) is 27.6 Å². The molecular formula is C15H19N3O2S. The van der Waals surface area contributed by atoms with Crippen LogP contribution in [0.15, 0.2) is 6.33 Å². The maximum atomic E-state index is 10.6. The zero-order valence-electron chi connectivity index (χ0n) is 12.1. The zero-order chi connectivity index (χ0) is 14.8. The number of thiophene rings is 1. The molecule has 21 heavy (non-hydrogen) atoms. The Hall–Kier alpha value is -1.69. The smallest absolute Gasteiger partial charge is 0.303 e. The summed E-state index contributed by atoms with van der Waals surface area (Å²) in [7, 11) is 0. The number of nitrogens with zero attached hydrogens (tertiary/aromatic N) is 2. The highest BCUT2D eigenvalue weighted by Gasteiger charge is 2.24. The summed E-state index contributed by atoms with van der Waals surface area (Å²) in [6.45, 7) is 2.89. The summed E-state index contributed by atoms with van der Waals surface area (Å²) in [6, 6.07) is 0. The van der Waals surface area contributed by atoms with Crippen LogP contribution in [0.2, 0.25) is 0 Å². The lowest BCUT2D eigenvalue weighted by molar-refractivity contribution is -0.137. The van der Waals surface area contributed by atoms with Gasteiger partial charge in [0.25, 0.3) is 0 Å². The first-order valence-electron chi connectivity index (χ1n) is 7.38. The summed E-state index contributed by atoms with van der Waals surface area (Å²) in [4.78, 5) is 21.8. The minimum atomic E-state index is -0.758. The molecule has 2 heterocycles. The van der Waals surface area contributed by atoms with Crippen molar-refractivity contribution in [1.82, 2.24) is 9.97 Å². The highest BCUT2D eigenvalue weighted by molar-refractivity contribution is 7.19. The van der Waals surface area contributed by atoms with Crippen LogP contribution in [0.1, 0.15) is 49.0 Å². The van der Waals surface area contributed by atoms with Gasteiger partial charge in [0.1, 0.15) is 17.0 Å². The third-order valence-electron chi connectivity index (χ3n) is 4.00. The van der Waals surface area contributed by atoms with Crippen LogP contribution in [0, 0.1) is 0 Å². The Morgan fingerprint density at radius 3 is 3.19 bits per heavy atom. The van der Waals surface area contributed by atoms with E-state index in [1.807, 2.05) is 0 Å². The lowest BCUT2D eigenvalue weighted by Crippen LogP contribution is -2.08. The summed E-state index contributed by atoms with van der Waals surface area (Å²) in [5.74, 6) is 0.649. The number of aromatic nitrogens is 2. The molecule has 0 amide bonds. The highest BCUT2D eigenvalue weighted by Crippen LogP contribution is 2.43. The van der Waals surface area contributed by atoms with Gasteiger partial charge in [-0.3, -0.25) is 4.79 Å². The Kier molecular flexibility index (Phi) is 4.05. The number of hydrogen-bond donors (Lipinski definition) is 2. The number of carboxylic acid groups (broad SMARTS) is 1. The molecule has 0 fully saturated rings. The van der Waals surface area contributed by atoms with E-state index in [1.54, 1.807) is 17.7 Å². The first kappa shape index (κ1) is 14.3. The molecule has 1 aliphatic rings. The van der Waals surface area contributed by atoms with Crippen LogP contribution < -0.4 is 5.32 Å². The first-order chi connectivity index (χ1) is 10.2. The van der Waals surface area contributed by atoms with Crippen LogP contribution in [0.5, 0.6) is 0 Å². The fraction of sp³-hybridized carbons (Fsp3) is 0.533. The average Bonchev–Trinajstić information content (AvgIpc) is 2.83. The Morgan fingerprint density at radius 2 is 2.38 bits per heavy atom. The van der Waals surface area contributed by atoms with Crippen LogP contribution in [-0.2, 0) is 11.2 Å². The molecule has 0 aromatic carbocycles. The van der Waals surface area contributed by atoms with Gasteiger partial charge in [0.15, 0.2) is 0 Å². The highest BCUT2D eigenvalue weighted by atomic mass is 32.1. The van der Waals surface area contributed by atoms with Crippen molar-refractivity contribution in [3.63, 3.8) is 0 Å². The summed E-state index contributed by atoms with van der Waals surface area (Å²) in [5, 5.41) is 13.1. The average molecular weight is 305 g/mol. The van der Waals surface area contributed by atoms with E-state index < -0.39 is 5.97 Å². The summed E-state index contributed by atoms with van der Waals surface area (Å²) < 4.78 is 0. The van der Waals surface area contributed by atoms with Crippen LogP contribution in [0.25, 0.3) is 10.2 Å². The van der Waals surface area contributed by atoms with Crippen molar-refractivity contribution < 1.29 is 9.90 Å². The molecule has 0 bridgehead atoms. The predicted molar refractivity (Wildman–Crippen MR) is 84.1 cm³/mol. The molecule has 5 nitrogen and oxygen atoms in total. The van der Waals surface area contributed by atoms with Gasteiger partial charge in [-0.05, 0) is 37.2 Å². The summed E-state index contributed by atoms with van der Waals surface area (Å²) in [5.41, 5.74) is 1.41. The molecule has 0 spiro atoms. The number of carbonyl (C=O) groups is 1. The van der Waals surface area contributed by atoms with Gasteiger partial charge >= 0.3 is 5.97 Å². The lowest BCUT2D eigenvalue weighted by Gasteiger charge is -2.19. The third kappa shape index (κ3) is 2.85. The molecule has 0 aliphatic heterocycles. The first-order valence-corrected chi connectivity index (χ1v) is 8.20. The largest absolute Gasteiger partial charge is 0.481 e. The Balaban J connectivity index is 1.88. The molecule has 6 heteroatoms. The predicted octanol–water partition coefficient (Wildman–Crippen LogP) is 3.41. The fourth-order valence-electron chi connectivity index (χ4n) is 3.00. The molecule has 3 rings (SSSR count). The van der Waals surface area contributed by atoms with Crippen molar-refractivity contribution in [3.05, 3.63) is 16.8 Å². The van der Waals surface area contributed by atoms with Crippen molar-refractivity contribution in [3.8, 4) is 0 Å². The molecule has 0 unspecified atom stereocenters. The number of aryl methyl sites for hydroxylation is 1. The third-order valence-corrected chi connectivity index (χ3v) is 5.17. The van der Waals surface area contributed by atoms with Crippen molar-refractivity contribution in [2.45, 2.75) is 44.9 Å². The quantitative estimate of drug-likeness (QED) is 0.828. The van der Waals surface area contributed by atoms with Gasteiger partial charge in [-0.25, -0.2) is 9.97 Å². The van der Waals surface area contributed by atoms with Gasteiger partial charge in [0.05, 0.1) is 5.39 Å². The monoisotopic (exact) mass is 305 g/mol. The van der Waals surface area contributed by atoms with E-state index in [9.17, 15) is 4.79 Å². The molecule has 2 aromatic rings. The van der Waals surface area contributed by atoms with E-state index >= 15 is 0 Å². The normalized spacial score (nSPS) is 17.7. The van der Waals surface area contributed by atoms with E-state index in [0.29, 0.717) is 18.9 Å². The van der Waals surface area contributed by atoms with E-state index in [1.165, 1.54) is 23.3 Å². The number of fused-ring (bicyclic) bond motifs is 3. The zero-order valence-corrected chi connectivity index (χ0v) is 12.9. The molecular weight excluding hydrogens is 286 g/mol. The molecule has 0 saturated carbocycles. The lowest BCUT2D eigenvalue weighted by atomic mass is 9.87. The number of carboxylic acids is 1. The maximum Gasteiger partial charge on any atom is 0.303 e. The maximum absolute atomic E-state index is 10.6. The summed E-state index contributed by atoms with van der Waals surface area (Å²) >= 11 is 1.78. The van der Waals surface area contributed by atoms with Gasteiger partial charge in [0, 0.05) is 17.8 Å². The second kappa shape index (κ2) is 5.97. The van der Waals surface area contributed by atoms with Crippen LogP contribution in [0.3, 0.4) is 0 Å². The minimum absolute atomic E-state index is 0.180. The number of nitrogens with one attached hydrogen (secondary N) is 1. The van der Waals surface area contributed by atoms with E-state index in [4.69, 9.17) is 5.11 Å². The Labute approximate surface area is 127 Å². The van der Waals surface area contributed by atoms with Crippen molar-refractivity contribution in [1.29, 1.82) is 0 Å². The molecule has 112 valence electrons. The molecule has 1 aliphatic carbocycles. The van der Waals surface area contributed by atoms with Gasteiger partial charge < -0.3 is 10.4 Å². The molecule has 1 atom stereocenters. The summed E-state index contributed by atoms with van der Waals surface area (Å²) in [6.07, 6.45) is 5.97. The molecule has 0 radical (unpaired) electrons. The topological polar surface area (TPSA) is 75.1 Å². The van der Waals surface area contributed by atoms with E-state index in [2.05, 4.69) is 22.2 Å². The van der Waals surface area contributed by atoms with Gasteiger partial charge in [-0.15, -0.1) is 11.3 Å². The second-order valence-electron chi connectivity index (χ2n) is 5.56. The number of hydrogen-bond acceptors (Lipinski definition) is 5. The van der Waals surface area contributed by atoms with Gasteiger partial charge in [0.2, 0.25) is 0 Å². The minimum Gasteiger partial charge on any atom is -0.481 e. The number of anilines is 1. The SMILES string of the molecule is C[C@@H]1CCCc2sc3ncnc(NCCCC(=O)O)c3c21. The molecule has 0 saturated heterocycles. The van der Waals surface area contributed by atoms with Gasteiger partial charge in [-0.1, -0.05) is 6.92 Å². The van der Waals surface area contributed by atoms with E-state index in [0.717, 1.165) is 22.5 Å². The van der Waals surface area contributed by atoms with Crippen LogP contribution in [0.4, 0.5) is 5.82 Å². The number of aliphatic carboxylic acids is 1. The Bertz CT molecular complexity index is 668. The van der Waals surface area contributed by atoms with Crippen molar-refractivity contribution >= 4 is 33.3 Å². The van der Waals surface area contributed by atoms with Gasteiger partial charge in [-0.2, -0.15) is 0 Å². The van der Waals surface area contributed by atoms with Crippen molar-refractivity contribution in [2.75, 3.05) is 11.9 Å². The number of rotatable bonds is 5. The Morgan fingerprint density at radius 1 is 1.52 bits per heavy atom. The molecule has 2 N–H and O–H groups in total. The van der Waals surface area contributed by atoms with Crippen LogP contribution >= 0.6 is 11.3 Å². The molecule has 2 aromatic heterocycles. The standard InChI is InChI=1S/C15H19N3O2S/c1-9-4-2-5-10-12(9)13-14(16-7-3-6-11(19)20)17-8-18-15(13)21-10/h8-9H,2-7H2,1H3,(H,19,20)(H,16,17,18)/t9-/m1/s1.